The van der Waals surface area contributed by atoms with Gasteiger partial charge in [-0.15, -0.1) is 0 Å². The molecule has 2 aromatic carbocycles. The summed E-state index contributed by atoms with van der Waals surface area (Å²) in [5.41, 5.74) is 4.73. The van der Waals surface area contributed by atoms with Gasteiger partial charge < -0.3 is 10.1 Å². The molecule has 0 fully saturated rings. The molecule has 134 valence electrons. The van der Waals surface area contributed by atoms with E-state index in [0.29, 0.717) is 36.4 Å². The van der Waals surface area contributed by atoms with Gasteiger partial charge in [0, 0.05) is 12.4 Å². The van der Waals surface area contributed by atoms with Gasteiger partial charge in [0.15, 0.2) is 0 Å². The summed E-state index contributed by atoms with van der Waals surface area (Å²) in [6.07, 6.45) is 4.26. The van der Waals surface area contributed by atoms with Crippen molar-refractivity contribution in [1.29, 1.82) is 5.26 Å². The fourth-order valence-corrected chi connectivity index (χ4v) is 3.27. The third-order valence-electron chi connectivity index (χ3n) is 4.74. The van der Waals surface area contributed by atoms with Gasteiger partial charge in [0.25, 0.3) is 5.91 Å². The Morgan fingerprint density at radius 2 is 2.15 bits per heavy atom. The molecular formula is C21H18N4O2. The van der Waals surface area contributed by atoms with Gasteiger partial charge in [-0.25, -0.2) is 4.68 Å². The number of nitrogens with one attached hydrogen (secondary N) is 1. The molecule has 1 aliphatic rings. The minimum atomic E-state index is -0.200. The van der Waals surface area contributed by atoms with E-state index in [9.17, 15) is 10.1 Å². The van der Waals surface area contributed by atoms with E-state index in [2.05, 4.69) is 16.5 Å². The van der Waals surface area contributed by atoms with Crippen molar-refractivity contribution in [3.8, 4) is 17.5 Å². The number of amides is 1. The Morgan fingerprint density at radius 3 is 2.85 bits per heavy atom. The Hall–Kier alpha value is -3.59. The highest BCUT2D eigenvalue weighted by atomic mass is 16.5. The molecule has 0 spiro atoms. The second-order valence-electron chi connectivity index (χ2n) is 6.42. The van der Waals surface area contributed by atoms with Crippen LogP contribution in [-0.2, 0) is 6.42 Å². The van der Waals surface area contributed by atoms with Crippen molar-refractivity contribution < 1.29 is 9.53 Å². The molecular weight excluding hydrogens is 340 g/mol. The van der Waals surface area contributed by atoms with Crippen LogP contribution in [0.3, 0.4) is 0 Å². The lowest BCUT2D eigenvalue weighted by Crippen LogP contribution is -2.24. The van der Waals surface area contributed by atoms with Gasteiger partial charge in [0.1, 0.15) is 18.4 Å². The highest BCUT2D eigenvalue weighted by molar-refractivity contribution is 5.98. The van der Waals surface area contributed by atoms with Gasteiger partial charge >= 0.3 is 0 Å². The number of carbonyl (C=O) groups excluding carboxylic acids is 1. The van der Waals surface area contributed by atoms with Crippen molar-refractivity contribution >= 4 is 5.91 Å². The van der Waals surface area contributed by atoms with Crippen molar-refractivity contribution in [2.45, 2.75) is 13.3 Å². The van der Waals surface area contributed by atoms with Crippen LogP contribution in [0.25, 0.3) is 5.69 Å². The van der Waals surface area contributed by atoms with Crippen LogP contribution in [-0.4, -0.2) is 28.8 Å². The monoisotopic (exact) mass is 358 g/mol. The van der Waals surface area contributed by atoms with Gasteiger partial charge in [-0.2, -0.15) is 10.4 Å². The molecule has 0 bridgehead atoms. The summed E-state index contributed by atoms with van der Waals surface area (Å²) >= 11 is 0. The van der Waals surface area contributed by atoms with E-state index in [-0.39, 0.29) is 5.91 Å². The maximum absolute atomic E-state index is 12.4. The average Bonchev–Trinajstić information content (AvgIpc) is 3.16. The first-order valence-electron chi connectivity index (χ1n) is 8.74. The van der Waals surface area contributed by atoms with Crippen LogP contribution in [0.4, 0.5) is 0 Å². The first kappa shape index (κ1) is 16.9. The second kappa shape index (κ2) is 6.96. The van der Waals surface area contributed by atoms with E-state index in [1.807, 2.05) is 49.5 Å². The van der Waals surface area contributed by atoms with E-state index >= 15 is 0 Å². The molecule has 1 aromatic heterocycles. The zero-order chi connectivity index (χ0) is 18.8. The molecule has 6 heteroatoms. The quantitative estimate of drug-likeness (QED) is 0.781. The number of ether oxygens (including phenoxy) is 1. The Bertz CT molecular complexity index is 1030. The standard InChI is InChI=1S/C21H18N4O2/c1-14-16(11-15-3-5-17(6-4-15)25-9-2-7-24-25)12-18-20(19(14)13-22)27-10-8-23-21(18)26/h2-7,9,12H,8,10-11H2,1H3,(H,23,26). The van der Waals surface area contributed by atoms with Crippen molar-refractivity contribution in [2.75, 3.05) is 13.2 Å². The largest absolute Gasteiger partial charge is 0.490 e. The highest BCUT2D eigenvalue weighted by Gasteiger charge is 2.23. The predicted molar refractivity (Wildman–Crippen MR) is 100 cm³/mol. The third-order valence-corrected chi connectivity index (χ3v) is 4.74. The molecule has 3 aromatic rings. The Labute approximate surface area is 157 Å². The van der Waals surface area contributed by atoms with E-state index in [1.54, 1.807) is 10.9 Å². The lowest BCUT2D eigenvalue weighted by atomic mass is 9.93. The first-order chi connectivity index (χ1) is 13.2. The fourth-order valence-electron chi connectivity index (χ4n) is 3.27. The average molecular weight is 358 g/mol. The lowest BCUT2D eigenvalue weighted by Gasteiger charge is -2.15. The van der Waals surface area contributed by atoms with Gasteiger partial charge in [-0.3, -0.25) is 4.79 Å². The molecule has 0 radical (unpaired) electrons. The summed E-state index contributed by atoms with van der Waals surface area (Å²) in [5, 5.41) is 16.6. The molecule has 0 atom stereocenters. The van der Waals surface area contributed by atoms with Crippen LogP contribution < -0.4 is 10.1 Å². The topological polar surface area (TPSA) is 79.9 Å². The number of benzene rings is 2. The van der Waals surface area contributed by atoms with Crippen LogP contribution in [0.15, 0.2) is 48.8 Å². The number of hydrogen-bond donors (Lipinski definition) is 1. The van der Waals surface area contributed by atoms with Crippen LogP contribution in [0.1, 0.15) is 32.6 Å². The maximum atomic E-state index is 12.4. The van der Waals surface area contributed by atoms with Crippen LogP contribution in [0.5, 0.6) is 5.75 Å². The SMILES string of the molecule is Cc1c(Cc2ccc(-n3cccn3)cc2)cc2c(c1C#N)OCCNC2=O. The zero-order valence-corrected chi connectivity index (χ0v) is 14.9. The number of rotatable bonds is 3. The van der Waals surface area contributed by atoms with E-state index in [4.69, 9.17) is 4.74 Å². The zero-order valence-electron chi connectivity index (χ0n) is 14.9. The third kappa shape index (κ3) is 3.15. The highest BCUT2D eigenvalue weighted by Crippen LogP contribution is 2.31. The van der Waals surface area contributed by atoms with Crippen molar-refractivity contribution in [1.82, 2.24) is 15.1 Å². The van der Waals surface area contributed by atoms with Crippen molar-refractivity contribution in [3.63, 3.8) is 0 Å². The van der Waals surface area contributed by atoms with Gasteiger partial charge in [-0.05, 0) is 54.3 Å². The van der Waals surface area contributed by atoms with Crippen LogP contribution in [0.2, 0.25) is 0 Å². The smallest absolute Gasteiger partial charge is 0.255 e. The van der Waals surface area contributed by atoms with Crippen molar-refractivity contribution in [2.24, 2.45) is 0 Å². The predicted octanol–water partition coefficient (Wildman–Crippen LogP) is 2.77. The number of hydrogen-bond acceptors (Lipinski definition) is 4. The number of carbonyl (C=O) groups is 1. The van der Waals surface area contributed by atoms with Crippen LogP contribution >= 0.6 is 0 Å². The fraction of sp³-hybridized carbons (Fsp3) is 0.190. The summed E-state index contributed by atoms with van der Waals surface area (Å²) in [4.78, 5) is 12.4. The van der Waals surface area contributed by atoms with Gasteiger partial charge in [-0.1, -0.05) is 12.1 Å². The minimum absolute atomic E-state index is 0.200. The molecule has 0 unspecified atom stereocenters. The van der Waals surface area contributed by atoms with Crippen molar-refractivity contribution in [3.05, 3.63) is 76.6 Å². The molecule has 27 heavy (non-hydrogen) atoms. The number of aromatic nitrogens is 2. The second-order valence-corrected chi connectivity index (χ2v) is 6.42. The summed E-state index contributed by atoms with van der Waals surface area (Å²) in [7, 11) is 0. The van der Waals surface area contributed by atoms with E-state index in [0.717, 1.165) is 22.4 Å². The summed E-state index contributed by atoms with van der Waals surface area (Å²) in [5.74, 6) is 0.192. The van der Waals surface area contributed by atoms with Gasteiger partial charge in [0.05, 0.1) is 23.4 Å². The normalized spacial score (nSPS) is 13.1. The molecule has 1 amide bonds. The number of fused-ring (bicyclic) bond motifs is 1. The molecule has 2 heterocycles. The summed E-state index contributed by atoms with van der Waals surface area (Å²) < 4.78 is 7.47. The lowest BCUT2D eigenvalue weighted by molar-refractivity contribution is 0.0957. The summed E-state index contributed by atoms with van der Waals surface area (Å²) in [6.45, 7) is 2.70. The number of nitriles is 1. The Balaban J connectivity index is 1.70. The van der Waals surface area contributed by atoms with E-state index in [1.165, 1.54) is 0 Å². The molecule has 1 aliphatic heterocycles. The molecule has 0 saturated heterocycles. The summed E-state index contributed by atoms with van der Waals surface area (Å²) in [6, 6.07) is 14.0. The number of nitrogens with zero attached hydrogens (tertiary/aromatic N) is 3. The molecule has 0 aliphatic carbocycles. The van der Waals surface area contributed by atoms with E-state index < -0.39 is 0 Å². The Morgan fingerprint density at radius 1 is 1.33 bits per heavy atom. The molecule has 6 nitrogen and oxygen atoms in total. The Kier molecular flexibility index (Phi) is 4.35. The molecule has 1 N–H and O–H groups in total. The van der Waals surface area contributed by atoms with Crippen LogP contribution in [0, 0.1) is 18.3 Å². The minimum Gasteiger partial charge on any atom is -0.490 e. The first-order valence-corrected chi connectivity index (χ1v) is 8.74. The molecule has 4 rings (SSSR count). The van der Waals surface area contributed by atoms with Gasteiger partial charge in [0.2, 0.25) is 0 Å². The maximum Gasteiger partial charge on any atom is 0.255 e. The molecule has 0 saturated carbocycles.